The fourth-order valence-corrected chi connectivity index (χ4v) is 3.47. The summed E-state index contributed by atoms with van der Waals surface area (Å²) in [5, 5.41) is 6.18. The van der Waals surface area contributed by atoms with Crippen molar-refractivity contribution < 1.29 is 17.6 Å². The highest BCUT2D eigenvalue weighted by Crippen LogP contribution is 2.25. The summed E-state index contributed by atoms with van der Waals surface area (Å²) in [5.41, 5.74) is 0.459. The second kappa shape index (κ2) is 7.16. The van der Waals surface area contributed by atoms with Gasteiger partial charge in [0.25, 0.3) is 15.9 Å². The van der Waals surface area contributed by atoms with Gasteiger partial charge < -0.3 is 4.90 Å². The fraction of sp³-hybridized carbons (Fsp3) is 0.118. The van der Waals surface area contributed by atoms with Crippen molar-refractivity contribution >= 4 is 21.6 Å². The zero-order valence-corrected chi connectivity index (χ0v) is 15.3. The number of amides is 1. The van der Waals surface area contributed by atoms with Crippen molar-refractivity contribution in [2.24, 2.45) is 0 Å². The second-order valence-electron chi connectivity index (χ2n) is 5.86. The smallest absolute Gasteiger partial charge is 0.261 e. The molecule has 0 aliphatic rings. The Balaban J connectivity index is 1.93. The van der Waals surface area contributed by atoms with Crippen LogP contribution in [-0.2, 0) is 10.0 Å². The molecule has 2 aromatic carbocycles. The average molecular weight is 389 g/mol. The third kappa shape index (κ3) is 3.95. The van der Waals surface area contributed by atoms with E-state index >= 15 is 0 Å². The Morgan fingerprint density at radius 1 is 1.19 bits per heavy atom. The van der Waals surface area contributed by atoms with Crippen molar-refractivity contribution in [1.29, 1.82) is 0 Å². The van der Waals surface area contributed by atoms with Crippen LogP contribution in [0.4, 0.5) is 10.1 Å². The minimum absolute atomic E-state index is 0.0734. The number of nitrogens with one attached hydrogen (secondary N) is 2. The first-order valence-corrected chi connectivity index (χ1v) is 9.26. The number of aromatic amines is 1. The lowest BCUT2D eigenvalue weighted by molar-refractivity contribution is 0.0827. The molecule has 0 radical (unpaired) electrons. The summed E-state index contributed by atoms with van der Waals surface area (Å²) in [6, 6.07) is 9.39. The number of H-pyrrole nitrogens is 1. The largest absolute Gasteiger partial charge is 0.345 e. The van der Waals surface area contributed by atoms with E-state index in [9.17, 15) is 17.6 Å². The molecule has 2 N–H and O–H groups in total. The van der Waals surface area contributed by atoms with E-state index in [0.717, 1.165) is 6.07 Å². The molecular formula is C17H16FN5O3S. The molecule has 3 rings (SSSR count). The summed E-state index contributed by atoms with van der Waals surface area (Å²) in [5.74, 6) is -0.721. The second-order valence-corrected chi connectivity index (χ2v) is 7.54. The molecule has 1 amide bonds. The van der Waals surface area contributed by atoms with Gasteiger partial charge in [-0.25, -0.2) is 17.8 Å². The van der Waals surface area contributed by atoms with Crippen LogP contribution in [0.5, 0.6) is 0 Å². The normalized spacial score (nSPS) is 11.2. The van der Waals surface area contributed by atoms with Gasteiger partial charge in [0.2, 0.25) is 0 Å². The molecule has 140 valence electrons. The Hall–Kier alpha value is -3.27. The molecule has 0 fully saturated rings. The molecule has 27 heavy (non-hydrogen) atoms. The average Bonchev–Trinajstić information content (AvgIpc) is 3.17. The van der Waals surface area contributed by atoms with Gasteiger partial charge in [0.05, 0.1) is 10.5 Å². The number of aromatic nitrogens is 3. The van der Waals surface area contributed by atoms with Gasteiger partial charge in [-0.1, -0.05) is 6.07 Å². The van der Waals surface area contributed by atoms with Gasteiger partial charge in [0.1, 0.15) is 12.1 Å². The van der Waals surface area contributed by atoms with Crippen LogP contribution < -0.4 is 4.72 Å². The van der Waals surface area contributed by atoms with Crippen LogP contribution in [0, 0.1) is 5.82 Å². The maximum Gasteiger partial charge on any atom is 0.261 e. The summed E-state index contributed by atoms with van der Waals surface area (Å²) < 4.78 is 41.7. The van der Waals surface area contributed by atoms with E-state index < -0.39 is 15.8 Å². The molecule has 8 nitrogen and oxygen atoms in total. The monoisotopic (exact) mass is 389 g/mol. The number of carbonyl (C=O) groups excluding carboxylic acids is 1. The van der Waals surface area contributed by atoms with Gasteiger partial charge in [-0.3, -0.25) is 14.6 Å². The zero-order chi connectivity index (χ0) is 19.6. The van der Waals surface area contributed by atoms with Crippen LogP contribution in [0.2, 0.25) is 0 Å². The molecule has 10 heteroatoms. The molecule has 0 saturated heterocycles. The standard InChI is InChI=1S/C17H16FN5O3S/c1-23(2)17(24)11-4-3-5-13(8-11)27(25,26)22-12-6-7-15(18)14(9-12)16-19-10-20-21-16/h3-10,22H,1-2H3,(H,19,20,21). The first-order valence-electron chi connectivity index (χ1n) is 7.78. The first-order chi connectivity index (χ1) is 12.8. The maximum absolute atomic E-state index is 14.0. The predicted octanol–water partition coefficient (Wildman–Crippen LogP) is 2.11. The van der Waals surface area contributed by atoms with Crippen LogP contribution in [-0.4, -0.2) is 48.5 Å². The van der Waals surface area contributed by atoms with E-state index in [0.29, 0.717) is 0 Å². The Morgan fingerprint density at radius 2 is 1.96 bits per heavy atom. The topological polar surface area (TPSA) is 108 Å². The van der Waals surface area contributed by atoms with Crippen LogP contribution in [0.3, 0.4) is 0 Å². The van der Waals surface area contributed by atoms with Gasteiger partial charge in [0, 0.05) is 25.3 Å². The number of benzene rings is 2. The molecule has 0 aliphatic carbocycles. The molecule has 0 spiro atoms. The minimum Gasteiger partial charge on any atom is -0.345 e. The lowest BCUT2D eigenvalue weighted by Gasteiger charge is -2.13. The van der Waals surface area contributed by atoms with Crippen molar-refractivity contribution in [2.75, 3.05) is 18.8 Å². The van der Waals surface area contributed by atoms with Gasteiger partial charge in [-0.15, -0.1) is 0 Å². The third-order valence-corrected chi connectivity index (χ3v) is 5.07. The first kappa shape index (κ1) is 18.5. The van der Waals surface area contributed by atoms with Gasteiger partial charge in [-0.2, -0.15) is 5.10 Å². The number of anilines is 1. The van der Waals surface area contributed by atoms with Crippen molar-refractivity contribution in [1.82, 2.24) is 20.1 Å². The molecule has 0 atom stereocenters. The van der Waals surface area contributed by atoms with E-state index in [1.807, 2.05) is 0 Å². The Labute approximate surface area is 155 Å². The van der Waals surface area contributed by atoms with Crippen molar-refractivity contribution in [3.8, 4) is 11.4 Å². The minimum atomic E-state index is -3.98. The van der Waals surface area contributed by atoms with Gasteiger partial charge in [-0.05, 0) is 36.4 Å². The number of hydrogen-bond donors (Lipinski definition) is 2. The molecule has 0 unspecified atom stereocenters. The number of hydrogen-bond acceptors (Lipinski definition) is 5. The molecule has 0 aliphatic heterocycles. The molecule has 3 aromatic rings. The Morgan fingerprint density at radius 3 is 2.63 bits per heavy atom. The number of carbonyl (C=O) groups is 1. The summed E-state index contributed by atoms with van der Waals surface area (Å²) in [6.45, 7) is 0. The van der Waals surface area contributed by atoms with E-state index in [-0.39, 0.29) is 33.4 Å². The van der Waals surface area contributed by atoms with E-state index in [2.05, 4.69) is 19.9 Å². The van der Waals surface area contributed by atoms with Crippen LogP contribution in [0.1, 0.15) is 10.4 Å². The van der Waals surface area contributed by atoms with Crippen molar-refractivity contribution in [2.45, 2.75) is 4.90 Å². The molecular weight excluding hydrogens is 373 g/mol. The fourth-order valence-electron chi connectivity index (χ4n) is 2.37. The van der Waals surface area contributed by atoms with Crippen LogP contribution >= 0.6 is 0 Å². The molecule has 1 heterocycles. The van der Waals surface area contributed by atoms with E-state index in [1.165, 1.54) is 47.6 Å². The number of rotatable bonds is 5. The summed E-state index contributed by atoms with van der Waals surface area (Å²) in [7, 11) is -0.834. The highest BCUT2D eigenvalue weighted by molar-refractivity contribution is 7.92. The molecule has 0 saturated carbocycles. The lowest BCUT2D eigenvalue weighted by Crippen LogP contribution is -2.22. The number of nitrogens with zero attached hydrogens (tertiary/aromatic N) is 3. The van der Waals surface area contributed by atoms with Crippen LogP contribution in [0.25, 0.3) is 11.4 Å². The van der Waals surface area contributed by atoms with Gasteiger partial charge >= 0.3 is 0 Å². The van der Waals surface area contributed by atoms with Crippen molar-refractivity contribution in [3.63, 3.8) is 0 Å². The molecule has 1 aromatic heterocycles. The summed E-state index contributed by atoms with van der Waals surface area (Å²) in [6.07, 6.45) is 1.22. The van der Waals surface area contributed by atoms with Crippen LogP contribution in [0.15, 0.2) is 53.7 Å². The Bertz CT molecular complexity index is 1080. The van der Waals surface area contributed by atoms with Crippen molar-refractivity contribution in [3.05, 3.63) is 60.2 Å². The number of sulfonamides is 1. The Kier molecular flexibility index (Phi) is 4.91. The lowest BCUT2D eigenvalue weighted by atomic mass is 10.2. The van der Waals surface area contributed by atoms with Gasteiger partial charge in [0.15, 0.2) is 5.82 Å². The maximum atomic E-state index is 14.0. The molecule has 0 bridgehead atoms. The highest BCUT2D eigenvalue weighted by atomic mass is 32.2. The summed E-state index contributed by atoms with van der Waals surface area (Å²) >= 11 is 0. The predicted molar refractivity (Wildman–Crippen MR) is 97.0 cm³/mol. The summed E-state index contributed by atoms with van der Waals surface area (Å²) in [4.78, 5) is 17.2. The number of halogens is 1. The quantitative estimate of drug-likeness (QED) is 0.695. The third-order valence-electron chi connectivity index (χ3n) is 3.69. The SMILES string of the molecule is CN(C)C(=O)c1cccc(S(=O)(=O)Nc2ccc(F)c(-c3ncn[nH]3)c2)c1. The van der Waals surface area contributed by atoms with E-state index in [1.54, 1.807) is 14.1 Å². The van der Waals surface area contributed by atoms with E-state index in [4.69, 9.17) is 0 Å². The zero-order valence-electron chi connectivity index (χ0n) is 14.5. The highest BCUT2D eigenvalue weighted by Gasteiger charge is 2.18.